The molecule has 3 aromatic rings. The Bertz CT molecular complexity index is 1390. The number of hydrogen-bond donors (Lipinski definition) is 2. The van der Waals surface area contributed by atoms with Crippen molar-refractivity contribution in [3.63, 3.8) is 0 Å². The number of ether oxygens (including phenoxy) is 1. The highest BCUT2D eigenvalue weighted by Gasteiger charge is 2.36. The molecular weight excluding hydrogens is 490 g/mol. The van der Waals surface area contributed by atoms with Crippen molar-refractivity contribution in [2.45, 2.75) is 13.8 Å². The van der Waals surface area contributed by atoms with E-state index < -0.39 is 17.1 Å². The van der Waals surface area contributed by atoms with Crippen molar-refractivity contribution in [2.75, 3.05) is 23.8 Å². The van der Waals surface area contributed by atoms with Gasteiger partial charge in [0.05, 0.1) is 4.91 Å². The first-order valence-corrected chi connectivity index (χ1v) is 12.3. The monoisotopic (exact) mass is 515 g/mol. The fraction of sp³-hybridized carbons (Fsp3) is 0.143. The number of benzene rings is 3. The van der Waals surface area contributed by atoms with Crippen LogP contribution in [0.2, 0.25) is 0 Å². The van der Waals surface area contributed by atoms with Gasteiger partial charge in [-0.3, -0.25) is 24.1 Å². The summed E-state index contributed by atoms with van der Waals surface area (Å²) in [7, 11) is 0. The molecule has 0 radical (unpaired) electrons. The molecule has 0 bridgehead atoms. The van der Waals surface area contributed by atoms with Crippen molar-refractivity contribution in [1.29, 1.82) is 0 Å². The average Bonchev–Trinajstić information content (AvgIpc) is 3.13. The minimum absolute atomic E-state index is 0.191. The van der Waals surface area contributed by atoms with Crippen LogP contribution in [-0.2, 0) is 14.4 Å². The van der Waals surface area contributed by atoms with E-state index in [1.165, 1.54) is 0 Å². The van der Waals surface area contributed by atoms with E-state index in [1.807, 2.05) is 38.1 Å². The molecule has 1 saturated heterocycles. The van der Waals surface area contributed by atoms with E-state index in [-0.39, 0.29) is 24.0 Å². The molecule has 8 nitrogen and oxygen atoms in total. The predicted octanol–water partition coefficient (Wildman–Crippen LogP) is 5.00. The Morgan fingerprint density at radius 2 is 1.68 bits per heavy atom. The number of amides is 4. The van der Waals surface area contributed by atoms with Gasteiger partial charge < -0.3 is 15.4 Å². The van der Waals surface area contributed by atoms with E-state index in [0.717, 1.165) is 33.5 Å². The smallest absolute Gasteiger partial charge is 0.294 e. The van der Waals surface area contributed by atoms with Crippen LogP contribution in [0.1, 0.15) is 16.7 Å². The van der Waals surface area contributed by atoms with E-state index in [1.54, 1.807) is 54.6 Å². The second kappa shape index (κ2) is 11.6. The molecule has 4 amide bonds. The zero-order valence-electron chi connectivity index (χ0n) is 20.3. The van der Waals surface area contributed by atoms with E-state index in [2.05, 4.69) is 10.6 Å². The Balaban J connectivity index is 1.36. The molecule has 0 unspecified atom stereocenters. The lowest BCUT2D eigenvalue weighted by atomic mass is 10.1. The van der Waals surface area contributed by atoms with Gasteiger partial charge >= 0.3 is 0 Å². The highest BCUT2D eigenvalue weighted by molar-refractivity contribution is 8.18. The number of carbonyl (C=O) groups is 4. The molecule has 1 fully saturated rings. The van der Waals surface area contributed by atoms with E-state index >= 15 is 0 Å². The van der Waals surface area contributed by atoms with Crippen LogP contribution in [0.5, 0.6) is 5.75 Å². The zero-order valence-corrected chi connectivity index (χ0v) is 21.1. The maximum Gasteiger partial charge on any atom is 0.294 e. The summed E-state index contributed by atoms with van der Waals surface area (Å²) in [5.41, 5.74) is 3.99. The third-order valence-electron chi connectivity index (χ3n) is 5.64. The van der Waals surface area contributed by atoms with Crippen molar-refractivity contribution in [1.82, 2.24) is 4.90 Å². The fourth-order valence-electron chi connectivity index (χ4n) is 3.57. The molecule has 3 aromatic carbocycles. The van der Waals surface area contributed by atoms with Gasteiger partial charge in [-0.1, -0.05) is 42.5 Å². The average molecular weight is 516 g/mol. The number of rotatable bonds is 8. The summed E-state index contributed by atoms with van der Waals surface area (Å²) in [6.45, 7) is 3.34. The van der Waals surface area contributed by atoms with E-state index in [9.17, 15) is 19.2 Å². The SMILES string of the molecule is Cc1cccc(NC(=O)COc2cccc(/C=C3\SC(=O)N(CC(=O)Nc4ccccc4)C3=O)c2)c1C. The van der Waals surface area contributed by atoms with Gasteiger partial charge in [-0.2, -0.15) is 0 Å². The zero-order chi connectivity index (χ0) is 26.4. The van der Waals surface area contributed by atoms with Crippen molar-refractivity contribution < 1.29 is 23.9 Å². The van der Waals surface area contributed by atoms with Gasteiger partial charge in [0, 0.05) is 11.4 Å². The normalized spacial score (nSPS) is 14.1. The van der Waals surface area contributed by atoms with Gasteiger partial charge in [-0.05, 0) is 78.7 Å². The summed E-state index contributed by atoms with van der Waals surface area (Å²) in [6.07, 6.45) is 1.56. The molecule has 4 rings (SSSR count). The molecule has 0 spiro atoms. The molecule has 188 valence electrons. The molecule has 0 aliphatic carbocycles. The first-order valence-electron chi connectivity index (χ1n) is 11.5. The summed E-state index contributed by atoms with van der Waals surface area (Å²) in [4.78, 5) is 51.0. The largest absolute Gasteiger partial charge is 0.484 e. The number of nitrogens with zero attached hydrogens (tertiary/aromatic N) is 1. The second-order valence-electron chi connectivity index (χ2n) is 8.34. The molecule has 37 heavy (non-hydrogen) atoms. The summed E-state index contributed by atoms with van der Waals surface area (Å²) < 4.78 is 5.63. The first kappa shape index (κ1) is 25.7. The van der Waals surface area contributed by atoms with Gasteiger partial charge in [-0.25, -0.2) is 0 Å². The van der Waals surface area contributed by atoms with E-state index in [0.29, 0.717) is 17.0 Å². The van der Waals surface area contributed by atoms with Crippen molar-refractivity contribution in [3.05, 3.63) is 94.4 Å². The van der Waals surface area contributed by atoms with Gasteiger partial charge in [0.2, 0.25) is 5.91 Å². The summed E-state index contributed by atoms with van der Waals surface area (Å²) >= 11 is 0.766. The van der Waals surface area contributed by atoms with Crippen LogP contribution < -0.4 is 15.4 Å². The van der Waals surface area contributed by atoms with Crippen LogP contribution in [0.15, 0.2) is 77.7 Å². The lowest BCUT2D eigenvalue weighted by molar-refractivity contribution is -0.127. The summed E-state index contributed by atoms with van der Waals surface area (Å²) in [5, 5.41) is 4.99. The van der Waals surface area contributed by atoms with E-state index in [4.69, 9.17) is 4.74 Å². The Hall–Kier alpha value is -4.37. The van der Waals surface area contributed by atoms with Crippen LogP contribution >= 0.6 is 11.8 Å². The van der Waals surface area contributed by atoms with Crippen LogP contribution in [0, 0.1) is 13.8 Å². The Morgan fingerprint density at radius 3 is 2.46 bits per heavy atom. The number of aryl methyl sites for hydroxylation is 1. The number of thioether (sulfide) groups is 1. The van der Waals surface area contributed by atoms with Crippen LogP contribution in [0.25, 0.3) is 6.08 Å². The maximum absolute atomic E-state index is 12.8. The highest BCUT2D eigenvalue weighted by Crippen LogP contribution is 2.32. The third kappa shape index (κ3) is 6.65. The van der Waals surface area contributed by atoms with Gasteiger partial charge in [0.25, 0.3) is 17.1 Å². The number of carbonyl (C=O) groups excluding carboxylic acids is 4. The van der Waals surface area contributed by atoms with Crippen molar-refractivity contribution in [2.24, 2.45) is 0 Å². The molecule has 1 heterocycles. The second-order valence-corrected chi connectivity index (χ2v) is 9.33. The Morgan fingerprint density at radius 1 is 0.919 bits per heavy atom. The highest BCUT2D eigenvalue weighted by atomic mass is 32.2. The number of anilines is 2. The summed E-state index contributed by atoms with van der Waals surface area (Å²) in [5.74, 6) is -0.873. The third-order valence-corrected chi connectivity index (χ3v) is 6.54. The lowest BCUT2D eigenvalue weighted by Gasteiger charge is -2.12. The number of hydrogen-bond acceptors (Lipinski definition) is 6. The molecule has 0 atom stereocenters. The van der Waals surface area contributed by atoms with Crippen molar-refractivity contribution >= 4 is 52.2 Å². The standard InChI is InChI=1S/C28H25N3O5S/c1-18-8-6-13-23(19(18)2)30-26(33)17-36-22-12-7-9-20(14-22)15-24-27(34)31(28(35)37-24)16-25(32)29-21-10-4-3-5-11-21/h3-15H,16-17H2,1-2H3,(H,29,32)(H,30,33)/b24-15-. The number of nitrogens with one attached hydrogen (secondary N) is 2. The van der Waals surface area contributed by atoms with Crippen LogP contribution in [0.3, 0.4) is 0 Å². The fourth-order valence-corrected chi connectivity index (χ4v) is 4.41. The number of para-hydroxylation sites is 1. The molecule has 2 N–H and O–H groups in total. The molecular formula is C28H25N3O5S. The maximum atomic E-state index is 12.8. The number of imide groups is 1. The molecule has 9 heteroatoms. The minimum atomic E-state index is -0.544. The molecule has 1 aliphatic rings. The molecule has 0 saturated carbocycles. The Kier molecular flexibility index (Phi) is 8.05. The topological polar surface area (TPSA) is 105 Å². The van der Waals surface area contributed by atoms with Gasteiger partial charge in [0.1, 0.15) is 12.3 Å². The molecule has 1 aliphatic heterocycles. The lowest BCUT2D eigenvalue weighted by Crippen LogP contribution is -2.36. The molecule has 0 aromatic heterocycles. The minimum Gasteiger partial charge on any atom is -0.484 e. The van der Waals surface area contributed by atoms with Crippen LogP contribution in [0.4, 0.5) is 16.2 Å². The summed E-state index contributed by atoms with van der Waals surface area (Å²) in [6, 6.07) is 21.3. The van der Waals surface area contributed by atoms with Crippen LogP contribution in [-0.4, -0.2) is 41.0 Å². The predicted molar refractivity (Wildman–Crippen MR) is 144 cm³/mol. The van der Waals surface area contributed by atoms with Gasteiger partial charge in [-0.15, -0.1) is 0 Å². The van der Waals surface area contributed by atoms with Crippen molar-refractivity contribution in [3.8, 4) is 5.75 Å². The first-order chi connectivity index (χ1) is 17.8. The Labute approximate surface area is 218 Å². The van der Waals surface area contributed by atoms with Gasteiger partial charge in [0.15, 0.2) is 6.61 Å². The quantitative estimate of drug-likeness (QED) is 0.409.